The number of carbonyl (C=O) groups is 2. The number of halogens is 1. The van der Waals surface area contributed by atoms with E-state index in [1.165, 1.54) is 16.9 Å². The first-order valence-corrected chi connectivity index (χ1v) is 11.9. The normalized spacial score (nSPS) is 13.6. The van der Waals surface area contributed by atoms with Crippen molar-refractivity contribution in [2.75, 3.05) is 37.6 Å². The molecule has 0 unspecified atom stereocenters. The minimum absolute atomic E-state index is 0.00990. The SMILES string of the molecule is O=C(NCCC(=O)N1CCN(c2ccccc2)CC1)c1cnn(-c2ccccc2F)c1-n1cccc1. The molecule has 2 aromatic carbocycles. The van der Waals surface area contributed by atoms with Gasteiger partial charge in [0.1, 0.15) is 17.1 Å². The predicted molar refractivity (Wildman–Crippen MR) is 135 cm³/mol. The van der Waals surface area contributed by atoms with Crippen LogP contribution in [-0.2, 0) is 4.79 Å². The zero-order valence-electron chi connectivity index (χ0n) is 19.8. The van der Waals surface area contributed by atoms with Crippen molar-refractivity contribution in [3.05, 3.63) is 96.7 Å². The predicted octanol–water partition coefficient (Wildman–Crippen LogP) is 3.27. The second kappa shape index (κ2) is 10.5. The fraction of sp³-hybridized carbons (Fsp3) is 0.222. The summed E-state index contributed by atoms with van der Waals surface area (Å²) >= 11 is 0. The van der Waals surface area contributed by atoms with Crippen molar-refractivity contribution in [3.8, 4) is 11.5 Å². The molecule has 0 aliphatic carbocycles. The minimum atomic E-state index is -0.445. The molecule has 5 rings (SSSR count). The summed E-state index contributed by atoms with van der Waals surface area (Å²) in [6.45, 7) is 3.05. The third-order valence-corrected chi connectivity index (χ3v) is 6.30. The molecule has 2 aromatic heterocycles. The van der Waals surface area contributed by atoms with Crippen LogP contribution in [0.15, 0.2) is 85.3 Å². The van der Waals surface area contributed by atoms with E-state index in [0.717, 1.165) is 18.8 Å². The van der Waals surface area contributed by atoms with Crippen LogP contribution < -0.4 is 10.2 Å². The van der Waals surface area contributed by atoms with E-state index >= 15 is 0 Å². The second-order valence-corrected chi connectivity index (χ2v) is 8.54. The van der Waals surface area contributed by atoms with E-state index in [9.17, 15) is 14.0 Å². The summed E-state index contributed by atoms with van der Waals surface area (Å²) in [5.41, 5.74) is 1.69. The highest BCUT2D eigenvalue weighted by molar-refractivity contribution is 5.97. The van der Waals surface area contributed by atoms with E-state index in [1.54, 1.807) is 35.2 Å². The highest BCUT2D eigenvalue weighted by Crippen LogP contribution is 2.22. The molecule has 184 valence electrons. The van der Waals surface area contributed by atoms with Gasteiger partial charge in [-0.05, 0) is 36.4 Å². The van der Waals surface area contributed by atoms with Crippen molar-refractivity contribution in [1.29, 1.82) is 0 Å². The number of nitrogens with one attached hydrogen (secondary N) is 1. The molecule has 36 heavy (non-hydrogen) atoms. The van der Waals surface area contributed by atoms with Crippen LogP contribution in [0.5, 0.6) is 0 Å². The Kier molecular flexibility index (Phi) is 6.79. The molecule has 1 saturated heterocycles. The molecule has 1 aliphatic rings. The van der Waals surface area contributed by atoms with Crippen LogP contribution in [0, 0.1) is 5.82 Å². The monoisotopic (exact) mass is 486 g/mol. The summed E-state index contributed by atoms with van der Waals surface area (Å²) < 4.78 is 17.6. The van der Waals surface area contributed by atoms with Crippen molar-refractivity contribution in [1.82, 2.24) is 24.6 Å². The molecule has 1 aliphatic heterocycles. The van der Waals surface area contributed by atoms with E-state index in [4.69, 9.17) is 0 Å². The summed E-state index contributed by atoms with van der Waals surface area (Å²) in [7, 11) is 0. The van der Waals surface area contributed by atoms with Gasteiger partial charge in [0.25, 0.3) is 5.91 Å². The lowest BCUT2D eigenvalue weighted by molar-refractivity contribution is -0.131. The van der Waals surface area contributed by atoms with Gasteiger partial charge in [-0.1, -0.05) is 30.3 Å². The Morgan fingerprint density at radius 2 is 1.58 bits per heavy atom. The maximum Gasteiger partial charge on any atom is 0.256 e. The van der Waals surface area contributed by atoms with E-state index < -0.39 is 5.82 Å². The zero-order chi connectivity index (χ0) is 24.9. The average molecular weight is 487 g/mol. The lowest BCUT2D eigenvalue weighted by Gasteiger charge is -2.36. The summed E-state index contributed by atoms with van der Waals surface area (Å²) in [6.07, 6.45) is 5.16. The molecule has 2 amide bonds. The van der Waals surface area contributed by atoms with Gasteiger partial charge < -0.3 is 19.7 Å². The van der Waals surface area contributed by atoms with Crippen molar-refractivity contribution in [2.45, 2.75) is 6.42 Å². The molecule has 0 atom stereocenters. The molecule has 3 heterocycles. The summed E-state index contributed by atoms with van der Waals surface area (Å²) in [5, 5.41) is 7.12. The Morgan fingerprint density at radius 3 is 2.31 bits per heavy atom. The van der Waals surface area contributed by atoms with Crippen molar-refractivity contribution in [2.24, 2.45) is 0 Å². The number of carbonyl (C=O) groups excluding carboxylic acids is 2. The fourth-order valence-corrected chi connectivity index (χ4v) is 4.42. The van der Waals surface area contributed by atoms with Crippen LogP contribution >= 0.6 is 0 Å². The van der Waals surface area contributed by atoms with Gasteiger partial charge in [0.15, 0.2) is 5.82 Å². The average Bonchev–Trinajstić information content (AvgIpc) is 3.60. The van der Waals surface area contributed by atoms with Crippen LogP contribution in [-0.4, -0.2) is 63.8 Å². The number of rotatable bonds is 7. The van der Waals surface area contributed by atoms with Crippen molar-refractivity contribution in [3.63, 3.8) is 0 Å². The van der Waals surface area contributed by atoms with Gasteiger partial charge >= 0.3 is 0 Å². The van der Waals surface area contributed by atoms with Crippen molar-refractivity contribution < 1.29 is 14.0 Å². The Hall–Kier alpha value is -4.40. The maximum absolute atomic E-state index is 14.5. The highest BCUT2D eigenvalue weighted by Gasteiger charge is 2.23. The summed E-state index contributed by atoms with van der Waals surface area (Å²) in [5.74, 6) is -0.386. The number of amides is 2. The van der Waals surface area contributed by atoms with Gasteiger partial charge in [-0.3, -0.25) is 9.59 Å². The number of para-hydroxylation sites is 2. The van der Waals surface area contributed by atoms with E-state index in [-0.39, 0.29) is 30.5 Å². The first kappa shape index (κ1) is 23.3. The van der Waals surface area contributed by atoms with Gasteiger partial charge in [-0.2, -0.15) is 5.10 Å². The number of piperazine rings is 1. The second-order valence-electron chi connectivity index (χ2n) is 8.54. The molecule has 1 N–H and O–H groups in total. The smallest absolute Gasteiger partial charge is 0.256 e. The van der Waals surface area contributed by atoms with Crippen LogP contribution in [0.4, 0.5) is 10.1 Å². The first-order valence-electron chi connectivity index (χ1n) is 11.9. The van der Waals surface area contributed by atoms with Gasteiger partial charge in [-0.25, -0.2) is 9.07 Å². The van der Waals surface area contributed by atoms with Gasteiger partial charge in [0.05, 0.1) is 6.20 Å². The molecule has 0 radical (unpaired) electrons. The standard InChI is InChI=1S/C27H27FN6O2/c28-23-10-4-5-11-24(23)34-27(33-14-6-7-15-33)22(20-30-34)26(36)29-13-12-25(35)32-18-16-31(17-19-32)21-8-2-1-3-9-21/h1-11,14-15,20H,12-13,16-19H2,(H,29,36). The Labute approximate surface area is 208 Å². The van der Waals surface area contributed by atoms with E-state index in [0.29, 0.717) is 24.5 Å². The van der Waals surface area contributed by atoms with E-state index in [1.807, 2.05) is 35.2 Å². The number of hydrogen-bond donors (Lipinski definition) is 1. The Bertz CT molecular complexity index is 1330. The molecule has 0 saturated carbocycles. The van der Waals surface area contributed by atoms with Gasteiger partial charge in [0, 0.05) is 57.2 Å². The molecular weight excluding hydrogens is 459 g/mol. The zero-order valence-corrected chi connectivity index (χ0v) is 19.8. The number of benzene rings is 2. The van der Waals surface area contributed by atoms with E-state index in [2.05, 4.69) is 27.4 Å². The topological polar surface area (TPSA) is 75.4 Å². The minimum Gasteiger partial charge on any atom is -0.368 e. The summed E-state index contributed by atoms with van der Waals surface area (Å²) in [4.78, 5) is 29.9. The maximum atomic E-state index is 14.5. The van der Waals surface area contributed by atoms with Gasteiger partial charge in [0.2, 0.25) is 5.91 Å². The largest absolute Gasteiger partial charge is 0.368 e. The highest BCUT2D eigenvalue weighted by atomic mass is 19.1. The first-order chi connectivity index (χ1) is 17.6. The number of hydrogen-bond acceptors (Lipinski definition) is 4. The van der Waals surface area contributed by atoms with Crippen LogP contribution in [0.3, 0.4) is 0 Å². The molecule has 8 nitrogen and oxygen atoms in total. The third kappa shape index (κ3) is 4.86. The quantitative estimate of drug-likeness (QED) is 0.435. The van der Waals surface area contributed by atoms with Crippen LogP contribution in [0.25, 0.3) is 11.5 Å². The Balaban J connectivity index is 1.21. The molecule has 1 fully saturated rings. The fourth-order valence-electron chi connectivity index (χ4n) is 4.42. The third-order valence-electron chi connectivity index (χ3n) is 6.30. The molecule has 9 heteroatoms. The molecule has 4 aromatic rings. The van der Waals surface area contributed by atoms with Crippen molar-refractivity contribution >= 4 is 17.5 Å². The van der Waals surface area contributed by atoms with Crippen LogP contribution in [0.2, 0.25) is 0 Å². The molecule has 0 bridgehead atoms. The molecule has 0 spiro atoms. The number of nitrogens with zero attached hydrogens (tertiary/aromatic N) is 5. The summed E-state index contributed by atoms with van der Waals surface area (Å²) in [6, 6.07) is 20.1. The number of aromatic nitrogens is 3. The van der Waals surface area contributed by atoms with Crippen LogP contribution in [0.1, 0.15) is 16.8 Å². The van der Waals surface area contributed by atoms with Gasteiger partial charge in [-0.15, -0.1) is 0 Å². The lowest BCUT2D eigenvalue weighted by atomic mass is 10.2. The number of anilines is 1. The Morgan fingerprint density at radius 1 is 0.889 bits per heavy atom. The molecular formula is C27H27FN6O2. The lowest BCUT2D eigenvalue weighted by Crippen LogP contribution is -2.49.